The lowest BCUT2D eigenvalue weighted by Gasteiger charge is -2.72. The van der Waals surface area contributed by atoms with E-state index in [1.807, 2.05) is 0 Å². The quantitative estimate of drug-likeness (QED) is 0.437. The molecule has 1 aliphatic heterocycles. The second kappa shape index (κ2) is 9.03. The summed E-state index contributed by atoms with van der Waals surface area (Å²) < 4.78 is 69.2. The minimum atomic E-state index is -4.68. The fraction of sp³-hybridized carbons (Fsp3) is 0.500. The third-order valence-corrected chi connectivity index (χ3v) is 8.89. The minimum absolute atomic E-state index is 0.0925. The van der Waals surface area contributed by atoms with Gasteiger partial charge < -0.3 is 16.0 Å². The van der Waals surface area contributed by atoms with Gasteiger partial charge in [0.15, 0.2) is 0 Å². The van der Waals surface area contributed by atoms with Crippen molar-refractivity contribution in [1.82, 2.24) is 15.6 Å². The molecule has 1 saturated heterocycles. The van der Waals surface area contributed by atoms with E-state index in [0.717, 1.165) is 19.5 Å². The molecule has 2 heterocycles. The molecule has 7 atom stereocenters. The summed E-state index contributed by atoms with van der Waals surface area (Å²) in [6.45, 7) is 4.89. The number of nitrogens with one attached hydrogen (secondary N) is 3. The Bertz CT molecular complexity index is 1330. The maximum Gasteiger partial charge on any atom is 0.417 e. The molecule has 4 saturated carbocycles. The van der Waals surface area contributed by atoms with Crippen LogP contribution in [0.15, 0.2) is 36.9 Å². The van der Waals surface area contributed by atoms with Crippen molar-refractivity contribution >= 4 is 34.0 Å². The Morgan fingerprint density at radius 1 is 1.26 bits per heavy atom. The summed E-state index contributed by atoms with van der Waals surface area (Å²) in [5.41, 5.74) is -0.911. The van der Waals surface area contributed by atoms with Gasteiger partial charge in [-0.2, -0.15) is 13.2 Å². The molecule has 38 heavy (non-hydrogen) atoms. The average molecular weight is 533 g/mol. The fourth-order valence-corrected chi connectivity index (χ4v) is 6.56. The Kier molecular flexibility index (Phi) is 6.01. The molecule has 3 unspecified atom stereocenters. The molecule has 1 aromatic carbocycles. The number of pyridine rings is 1. The first kappa shape index (κ1) is 25.3. The smallest absolute Gasteiger partial charge is 0.381 e. The monoisotopic (exact) mass is 532 g/mol. The topological polar surface area (TPSA) is 66.0 Å². The molecule has 2 aromatic rings. The summed E-state index contributed by atoms with van der Waals surface area (Å²) in [5.74, 6) is -0.647. The van der Waals surface area contributed by atoms with Gasteiger partial charge in [0.25, 0.3) is 0 Å². The Morgan fingerprint density at radius 2 is 2.05 bits per heavy atom. The Labute approximate surface area is 217 Å². The number of aromatic nitrogens is 1. The van der Waals surface area contributed by atoms with E-state index in [0.29, 0.717) is 22.9 Å². The van der Waals surface area contributed by atoms with Crippen LogP contribution in [0.2, 0.25) is 0 Å². The van der Waals surface area contributed by atoms with Crippen molar-refractivity contribution in [3.05, 3.63) is 48.3 Å². The number of fused-ring (bicyclic) bond motifs is 1. The van der Waals surface area contributed by atoms with Crippen LogP contribution < -0.4 is 16.0 Å². The number of benzene rings is 1. The van der Waals surface area contributed by atoms with Crippen LogP contribution in [-0.2, 0) is 4.79 Å². The van der Waals surface area contributed by atoms with E-state index >= 15 is 0 Å². The van der Waals surface area contributed by atoms with Gasteiger partial charge >= 0.3 is 6.18 Å². The highest BCUT2D eigenvalue weighted by Crippen LogP contribution is 2.72. The van der Waals surface area contributed by atoms with E-state index in [-0.39, 0.29) is 48.1 Å². The van der Waals surface area contributed by atoms with Crippen molar-refractivity contribution in [3.8, 4) is 0 Å². The number of carbonyl (C=O) groups excluding carboxylic acids is 1. The lowest BCUT2D eigenvalue weighted by molar-refractivity contribution is -0.266. The predicted octanol–water partition coefficient (Wildman–Crippen LogP) is 5.05. The number of rotatable bonds is 7. The Balaban J connectivity index is 1.32. The highest BCUT2D eigenvalue weighted by Gasteiger charge is 2.76. The van der Waals surface area contributed by atoms with Crippen LogP contribution in [0, 0.1) is 23.2 Å². The molecule has 1 aromatic heterocycles. The number of nitrogens with zero attached hydrogens (tertiary/aromatic N) is 1. The average Bonchev–Trinajstić information content (AvgIpc) is 3.61. The number of alkyl halides is 5. The van der Waals surface area contributed by atoms with Gasteiger partial charge in [-0.15, -0.1) is 0 Å². The zero-order valence-electron chi connectivity index (χ0n) is 20.6. The summed E-state index contributed by atoms with van der Waals surface area (Å²) in [7, 11) is 0. The maximum absolute atomic E-state index is 14.9. The Hall–Kier alpha value is -3.01. The highest BCUT2D eigenvalue weighted by atomic mass is 19.4. The van der Waals surface area contributed by atoms with Gasteiger partial charge in [-0.25, -0.2) is 13.8 Å². The number of allylic oxidation sites excluding steroid dienone is 1. The number of halogens is 5. The lowest BCUT2D eigenvalue weighted by Crippen LogP contribution is -2.77. The summed E-state index contributed by atoms with van der Waals surface area (Å²) in [5, 5.41) is 10.3. The number of amides is 1. The van der Waals surface area contributed by atoms with E-state index in [1.54, 1.807) is 30.3 Å². The molecule has 0 radical (unpaired) electrons. The summed E-state index contributed by atoms with van der Waals surface area (Å²) >= 11 is 0. The molecular weight excluding hydrogens is 503 g/mol. The first-order valence-corrected chi connectivity index (χ1v) is 13.0. The third kappa shape index (κ3) is 3.99. The second-order valence-corrected chi connectivity index (χ2v) is 11.0. The second-order valence-electron chi connectivity index (χ2n) is 11.0. The number of hydrogen-bond donors (Lipinski definition) is 3. The van der Waals surface area contributed by atoms with Crippen molar-refractivity contribution in [3.63, 3.8) is 0 Å². The van der Waals surface area contributed by atoms with Crippen LogP contribution in [0.4, 0.5) is 27.6 Å². The molecule has 3 N–H and O–H groups in total. The normalized spacial score (nSPS) is 33.6. The van der Waals surface area contributed by atoms with E-state index < -0.39 is 35.4 Å². The standard InChI is InChI=1S/C28H29F5N4O/c1-14(28(31,32)33)24-16-5-2-6-22(37-23-7-9-34-13-20-19-12-27(20,23)25(19)30)17(16)10-15(36-24)4-3-8-35-26(38)18-11-21(18)29/h2-6,10,18-21,23,25,34,37H,1,7-9,11-13H2,(H,35,38)/b4-3+/t18-,19?,20?,21-,23-,25+,27?/m1/s1. The van der Waals surface area contributed by atoms with Gasteiger partial charge in [0.2, 0.25) is 5.91 Å². The Morgan fingerprint density at radius 3 is 2.74 bits per heavy atom. The maximum atomic E-state index is 14.9. The number of anilines is 1. The van der Waals surface area contributed by atoms with Crippen molar-refractivity contribution in [2.75, 3.05) is 25.0 Å². The molecule has 10 heteroatoms. The molecule has 2 bridgehead atoms. The van der Waals surface area contributed by atoms with Gasteiger partial charge in [0.05, 0.1) is 22.9 Å². The van der Waals surface area contributed by atoms with E-state index in [1.165, 1.54) is 6.08 Å². The molecule has 5 aliphatic rings. The van der Waals surface area contributed by atoms with Gasteiger partial charge in [-0.1, -0.05) is 24.8 Å². The van der Waals surface area contributed by atoms with Crippen molar-refractivity contribution < 1.29 is 26.7 Å². The van der Waals surface area contributed by atoms with Crippen LogP contribution in [0.5, 0.6) is 0 Å². The summed E-state index contributed by atoms with van der Waals surface area (Å²) in [6, 6.07) is 6.58. The van der Waals surface area contributed by atoms with Crippen LogP contribution in [0.3, 0.4) is 0 Å². The molecule has 7 rings (SSSR count). The van der Waals surface area contributed by atoms with Crippen LogP contribution in [-0.4, -0.2) is 55.1 Å². The first-order valence-electron chi connectivity index (χ1n) is 13.0. The molecule has 1 amide bonds. The minimum Gasteiger partial charge on any atom is -0.381 e. The summed E-state index contributed by atoms with van der Waals surface area (Å²) in [4.78, 5) is 16.1. The van der Waals surface area contributed by atoms with Crippen LogP contribution in [0.25, 0.3) is 22.4 Å². The van der Waals surface area contributed by atoms with Gasteiger partial charge in [-0.3, -0.25) is 4.79 Å². The fourth-order valence-electron chi connectivity index (χ4n) is 6.56. The largest absolute Gasteiger partial charge is 0.417 e. The third-order valence-electron chi connectivity index (χ3n) is 8.89. The van der Waals surface area contributed by atoms with Crippen molar-refractivity contribution in [2.45, 2.75) is 43.8 Å². The van der Waals surface area contributed by atoms with E-state index in [2.05, 4.69) is 27.5 Å². The van der Waals surface area contributed by atoms with Gasteiger partial charge in [0, 0.05) is 34.5 Å². The lowest BCUT2D eigenvalue weighted by atomic mass is 9.34. The van der Waals surface area contributed by atoms with Crippen LogP contribution in [0.1, 0.15) is 30.7 Å². The molecule has 5 nitrogen and oxygen atoms in total. The van der Waals surface area contributed by atoms with E-state index in [9.17, 15) is 26.7 Å². The SMILES string of the molecule is C=C(c1nc(/C=C/CNC(=O)[C@@H]2C[C@H]2F)cc2c(N[C@@H]3CCNCC4C5CC43[C@H]5F)cccc12)C(F)(F)F. The zero-order chi connectivity index (χ0) is 26.8. The first-order chi connectivity index (χ1) is 18.1. The predicted molar refractivity (Wildman–Crippen MR) is 136 cm³/mol. The van der Waals surface area contributed by atoms with Gasteiger partial charge in [-0.05, 0) is 62.4 Å². The summed E-state index contributed by atoms with van der Waals surface area (Å²) in [6.07, 6.45) is -1.82. The van der Waals surface area contributed by atoms with Crippen molar-refractivity contribution in [1.29, 1.82) is 0 Å². The van der Waals surface area contributed by atoms with Crippen molar-refractivity contribution in [2.24, 2.45) is 23.2 Å². The van der Waals surface area contributed by atoms with E-state index in [4.69, 9.17) is 0 Å². The highest BCUT2D eigenvalue weighted by molar-refractivity contribution is 6.01. The number of carbonyl (C=O) groups is 1. The molecular formula is C28H29F5N4O. The zero-order valence-corrected chi connectivity index (χ0v) is 20.6. The molecule has 202 valence electrons. The molecule has 1 spiro atoms. The van der Waals surface area contributed by atoms with Crippen LogP contribution >= 0.6 is 0 Å². The van der Waals surface area contributed by atoms with Gasteiger partial charge in [0.1, 0.15) is 12.3 Å². The molecule has 5 fully saturated rings. The molecule has 4 aliphatic carbocycles. The number of hydrogen-bond acceptors (Lipinski definition) is 4.